The SMILES string of the molecule is Cc1nnc(CN=C(NCCCN(C)c2ccccc2)N2CC(C)(C)C2(C)C)n1C.I. The highest BCUT2D eigenvalue weighted by Gasteiger charge is 2.53. The Morgan fingerprint density at radius 2 is 1.84 bits per heavy atom. The maximum Gasteiger partial charge on any atom is 0.194 e. The number of anilines is 1. The predicted octanol–water partition coefficient (Wildman–Crippen LogP) is 3.83. The summed E-state index contributed by atoms with van der Waals surface area (Å²) in [6.45, 7) is 14.6. The standard InChI is InChI=1S/C23H37N7.HI/c1-18-26-27-20(29(18)7)16-25-21(30-17-22(2,3)23(30,4)5)24-14-11-15-28(6)19-12-9-8-10-13-19;/h8-10,12-13H,11,14-17H2,1-7H3,(H,24,25);1H. The van der Waals surface area contributed by atoms with Crippen molar-refractivity contribution >= 4 is 35.6 Å². The van der Waals surface area contributed by atoms with Gasteiger partial charge in [0.15, 0.2) is 11.8 Å². The minimum atomic E-state index is 0. The number of hydrogen-bond donors (Lipinski definition) is 1. The van der Waals surface area contributed by atoms with Gasteiger partial charge < -0.3 is 19.7 Å². The van der Waals surface area contributed by atoms with E-state index >= 15 is 0 Å². The van der Waals surface area contributed by atoms with Gasteiger partial charge in [-0.25, -0.2) is 4.99 Å². The first kappa shape index (κ1) is 25.4. The first-order valence-corrected chi connectivity index (χ1v) is 10.8. The summed E-state index contributed by atoms with van der Waals surface area (Å²) in [6, 6.07) is 10.5. The lowest BCUT2D eigenvalue weighted by Gasteiger charge is -2.62. The number of hydrogen-bond acceptors (Lipinski definition) is 4. The number of aromatic nitrogens is 3. The highest BCUT2D eigenvalue weighted by Crippen LogP contribution is 2.46. The van der Waals surface area contributed by atoms with Crippen LogP contribution < -0.4 is 10.2 Å². The number of rotatable bonds is 7. The summed E-state index contributed by atoms with van der Waals surface area (Å²) in [6.07, 6.45) is 1.03. The van der Waals surface area contributed by atoms with Crippen LogP contribution in [0.25, 0.3) is 0 Å². The van der Waals surface area contributed by atoms with Gasteiger partial charge in [0.25, 0.3) is 0 Å². The molecule has 0 radical (unpaired) electrons. The molecule has 1 aliphatic heterocycles. The number of aliphatic imine (C=N–C) groups is 1. The average Bonchev–Trinajstić information content (AvgIpc) is 3.04. The van der Waals surface area contributed by atoms with Gasteiger partial charge in [0.05, 0.1) is 0 Å². The third-order valence-electron chi connectivity index (χ3n) is 6.84. The molecule has 1 aliphatic rings. The molecule has 0 aliphatic carbocycles. The fourth-order valence-corrected chi connectivity index (χ4v) is 3.70. The quantitative estimate of drug-likeness (QED) is 0.251. The van der Waals surface area contributed by atoms with Gasteiger partial charge in [-0.2, -0.15) is 0 Å². The van der Waals surface area contributed by atoms with E-state index in [1.54, 1.807) is 0 Å². The first-order valence-electron chi connectivity index (χ1n) is 10.8. The molecule has 1 N–H and O–H groups in total. The summed E-state index contributed by atoms with van der Waals surface area (Å²) in [5.74, 6) is 2.75. The third kappa shape index (κ3) is 5.51. The number of guanidine groups is 1. The van der Waals surface area contributed by atoms with Crippen LogP contribution in [0.4, 0.5) is 5.69 Å². The van der Waals surface area contributed by atoms with Crippen LogP contribution in [0.2, 0.25) is 0 Å². The van der Waals surface area contributed by atoms with E-state index in [1.807, 2.05) is 18.5 Å². The predicted molar refractivity (Wildman–Crippen MR) is 139 cm³/mol. The fraction of sp³-hybridized carbons (Fsp3) is 0.609. The number of likely N-dealkylation sites (tertiary alicyclic amines) is 1. The molecule has 172 valence electrons. The zero-order chi connectivity index (χ0) is 21.9. The Balaban J connectivity index is 0.00000341. The highest BCUT2D eigenvalue weighted by molar-refractivity contribution is 14.0. The minimum Gasteiger partial charge on any atom is -0.375 e. The van der Waals surface area contributed by atoms with Gasteiger partial charge in [0, 0.05) is 50.4 Å². The number of nitrogens with zero attached hydrogens (tertiary/aromatic N) is 6. The summed E-state index contributed by atoms with van der Waals surface area (Å²) in [5.41, 5.74) is 1.55. The number of para-hydroxylation sites is 1. The Kier molecular flexibility index (Phi) is 8.35. The van der Waals surface area contributed by atoms with E-state index < -0.39 is 0 Å². The molecule has 0 unspecified atom stereocenters. The van der Waals surface area contributed by atoms with Gasteiger partial charge in [-0.1, -0.05) is 32.0 Å². The van der Waals surface area contributed by atoms with Crippen LogP contribution in [-0.4, -0.2) is 57.8 Å². The lowest BCUT2D eigenvalue weighted by Crippen LogP contribution is -2.72. The fourth-order valence-electron chi connectivity index (χ4n) is 3.70. The third-order valence-corrected chi connectivity index (χ3v) is 6.84. The second-order valence-corrected chi connectivity index (χ2v) is 9.43. The zero-order valence-electron chi connectivity index (χ0n) is 20.0. The molecule has 0 saturated carbocycles. The second kappa shape index (κ2) is 10.2. The maximum atomic E-state index is 4.92. The van der Waals surface area contributed by atoms with Gasteiger partial charge in [0.1, 0.15) is 12.4 Å². The van der Waals surface area contributed by atoms with E-state index in [0.29, 0.717) is 6.54 Å². The summed E-state index contributed by atoms with van der Waals surface area (Å²) >= 11 is 0. The van der Waals surface area contributed by atoms with E-state index in [0.717, 1.165) is 43.7 Å². The number of halogens is 1. The minimum absolute atomic E-state index is 0. The molecule has 1 saturated heterocycles. The zero-order valence-corrected chi connectivity index (χ0v) is 22.3. The monoisotopic (exact) mass is 539 g/mol. The van der Waals surface area contributed by atoms with Crippen molar-refractivity contribution in [1.82, 2.24) is 25.0 Å². The molecule has 1 aromatic carbocycles. The van der Waals surface area contributed by atoms with Crippen molar-refractivity contribution in [2.45, 2.75) is 53.1 Å². The van der Waals surface area contributed by atoms with E-state index in [2.05, 4.69) is 90.4 Å². The topological polar surface area (TPSA) is 61.6 Å². The molecule has 0 bridgehead atoms. The smallest absolute Gasteiger partial charge is 0.194 e. The van der Waals surface area contributed by atoms with Crippen molar-refractivity contribution in [2.24, 2.45) is 17.5 Å². The Hall–Kier alpha value is -1.84. The largest absolute Gasteiger partial charge is 0.375 e. The Morgan fingerprint density at radius 1 is 1.16 bits per heavy atom. The van der Waals surface area contributed by atoms with Crippen LogP contribution in [-0.2, 0) is 13.6 Å². The Bertz CT molecular complexity index is 873. The number of benzene rings is 1. The number of aryl methyl sites for hydroxylation is 1. The van der Waals surface area contributed by atoms with Gasteiger partial charge in [0.2, 0.25) is 0 Å². The van der Waals surface area contributed by atoms with Crippen LogP contribution in [0.1, 0.15) is 45.8 Å². The lowest BCUT2D eigenvalue weighted by molar-refractivity contribution is -0.0668. The molecule has 2 heterocycles. The highest BCUT2D eigenvalue weighted by atomic mass is 127. The normalized spacial score (nSPS) is 17.0. The van der Waals surface area contributed by atoms with Crippen LogP contribution in [0.3, 0.4) is 0 Å². The molecule has 1 fully saturated rings. The Morgan fingerprint density at radius 3 is 2.39 bits per heavy atom. The molecular weight excluding hydrogens is 501 g/mol. The average molecular weight is 540 g/mol. The summed E-state index contributed by atoms with van der Waals surface area (Å²) < 4.78 is 2.00. The number of nitrogens with one attached hydrogen (secondary N) is 1. The van der Waals surface area contributed by atoms with Crippen molar-refractivity contribution in [3.63, 3.8) is 0 Å². The van der Waals surface area contributed by atoms with Crippen molar-refractivity contribution < 1.29 is 0 Å². The van der Waals surface area contributed by atoms with E-state index in [1.165, 1.54) is 5.69 Å². The summed E-state index contributed by atoms with van der Waals surface area (Å²) in [5, 5.41) is 12.0. The van der Waals surface area contributed by atoms with Gasteiger partial charge in [-0.15, -0.1) is 34.2 Å². The van der Waals surface area contributed by atoms with E-state index in [-0.39, 0.29) is 34.9 Å². The van der Waals surface area contributed by atoms with Crippen molar-refractivity contribution in [2.75, 3.05) is 31.6 Å². The second-order valence-electron chi connectivity index (χ2n) is 9.43. The van der Waals surface area contributed by atoms with E-state index in [4.69, 9.17) is 4.99 Å². The summed E-state index contributed by atoms with van der Waals surface area (Å²) in [7, 11) is 4.13. The Labute approximate surface area is 204 Å². The molecular formula is C23H38IN7. The molecule has 1 aromatic heterocycles. The van der Waals surface area contributed by atoms with Crippen LogP contribution in [0.15, 0.2) is 35.3 Å². The van der Waals surface area contributed by atoms with Gasteiger partial charge >= 0.3 is 0 Å². The molecule has 2 aromatic rings. The maximum absolute atomic E-state index is 4.92. The molecule has 31 heavy (non-hydrogen) atoms. The van der Waals surface area contributed by atoms with Crippen molar-refractivity contribution in [1.29, 1.82) is 0 Å². The molecule has 3 rings (SSSR count). The van der Waals surface area contributed by atoms with Gasteiger partial charge in [-0.3, -0.25) is 0 Å². The van der Waals surface area contributed by atoms with E-state index in [9.17, 15) is 0 Å². The van der Waals surface area contributed by atoms with Crippen molar-refractivity contribution in [3.8, 4) is 0 Å². The molecule has 0 atom stereocenters. The molecule has 0 amide bonds. The van der Waals surface area contributed by atoms with Crippen LogP contribution in [0, 0.1) is 12.3 Å². The van der Waals surface area contributed by atoms with Crippen molar-refractivity contribution in [3.05, 3.63) is 42.0 Å². The first-order chi connectivity index (χ1) is 14.1. The molecule has 0 spiro atoms. The lowest BCUT2D eigenvalue weighted by atomic mass is 9.65. The van der Waals surface area contributed by atoms with Crippen LogP contribution >= 0.6 is 24.0 Å². The van der Waals surface area contributed by atoms with Crippen LogP contribution in [0.5, 0.6) is 0 Å². The molecule has 7 nitrogen and oxygen atoms in total. The van der Waals surface area contributed by atoms with Gasteiger partial charge in [-0.05, 0) is 39.3 Å². The molecule has 8 heteroatoms. The summed E-state index contributed by atoms with van der Waals surface area (Å²) in [4.78, 5) is 9.60.